The number of carbonyl (C=O) groups excluding carboxylic acids is 1. The Hall–Kier alpha value is -3.14. The maximum absolute atomic E-state index is 13.3. The van der Waals surface area contributed by atoms with Gasteiger partial charge in [-0.2, -0.15) is 12.7 Å². The molecule has 194 valence electrons. The van der Waals surface area contributed by atoms with Crippen LogP contribution in [0.1, 0.15) is 22.3 Å². The van der Waals surface area contributed by atoms with E-state index in [1.54, 1.807) is 12.1 Å². The summed E-state index contributed by atoms with van der Waals surface area (Å²) >= 11 is 7.26. The van der Waals surface area contributed by atoms with Gasteiger partial charge in [0, 0.05) is 10.8 Å². The van der Waals surface area contributed by atoms with Crippen LogP contribution < -0.4 is 5.32 Å². The smallest absolute Gasteiger partial charge is 0.286 e. The van der Waals surface area contributed by atoms with Crippen LogP contribution in [0.2, 0.25) is 5.02 Å². The standard InChI is InChI=1S/C29H25ClN2O4S2/c30-25-18-16-21(17-19-25)20-37-28-26(27(33)32(28)38(34,35)36)31-29(22-10-4-1-5-11-22,23-12-6-2-7-13-23)24-14-8-3-9-15-24/h1-19,26,28,31H,20H2,(H,34,35,36)/t26-,28-/m1/s1. The summed E-state index contributed by atoms with van der Waals surface area (Å²) in [6.07, 6.45) is 0. The van der Waals surface area contributed by atoms with Crippen LogP contribution in [0.4, 0.5) is 0 Å². The second-order valence-electron chi connectivity index (χ2n) is 8.91. The van der Waals surface area contributed by atoms with Crippen molar-refractivity contribution in [2.45, 2.75) is 22.7 Å². The van der Waals surface area contributed by atoms with E-state index in [1.807, 2.05) is 103 Å². The number of carbonyl (C=O) groups is 1. The Kier molecular flexibility index (Phi) is 7.61. The molecule has 38 heavy (non-hydrogen) atoms. The maximum atomic E-state index is 13.3. The number of nitrogens with one attached hydrogen (secondary N) is 1. The normalized spacial score (nSPS) is 17.7. The number of rotatable bonds is 9. The van der Waals surface area contributed by atoms with E-state index < -0.39 is 33.2 Å². The van der Waals surface area contributed by atoms with E-state index in [0.717, 1.165) is 22.3 Å². The third-order valence-corrected chi connectivity index (χ3v) is 9.19. The molecule has 6 nitrogen and oxygen atoms in total. The average molecular weight is 565 g/mol. The van der Waals surface area contributed by atoms with E-state index in [2.05, 4.69) is 5.32 Å². The Balaban J connectivity index is 1.59. The van der Waals surface area contributed by atoms with E-state index >= 15 is 0 Å². The molecular weight excluding hydrogens is 540 g/mol. The zero-order valence-electron chi connectivity index (χ0n) is 20.1. The highest BCUT2D eigenvalue weighted by atomic mass is 35.5. The molecule has 1 saturated heterocycles. The quantitative estimate of drug-likeness (QED) is 0.159. The summed E-state index contributed by atoms with van der Waals surface area (Å²) in [7, 11) is -4.76. The maximum Gasteiger partial charge on any atom is 0.363 e. The van der Waals surface area contributed by atoms with Crippen LogP contribution in [0.25, 0.3) is 0 Å². The number of nitrogens with zero attached hydrogens (tertiary/aromatic N) is 1. The number of halogens is 1. The van der Waals surface area contributed by atoms with Gasteiger partial charge in [-0.3, -0.25) is 14.7 Å². The summed E-state index contributed by atoms with van der Waals surface area (Å²) in [6.45, 7) is 0. The Morgan fingerprint density at radius 3 is 1.66 bits per heavy atom. The number of amides is 1. The number of thioether (sulfide) groups is 1. The van der Waals surface area contributed by atoms with Crippen molar-refractivity contribution in [2.24, 2.45) is 0 Å². The predicted molar refractivity (Wildman–Crippen MR) is 151 cm³/mol. The molecule has 0 saturated carbocycles. The van der Waals surface area contributed by atoms with Crippen molar-refractivity contribution in [2.75, 3.05) is 0 Å². The van der Waals surface area contributed by atoms with Gasteiger partial charge in [0.1, 0.15) is 11.4 Å². The van der Waals surface area contributed by atoms with Crippen molar-refractivity contribution in [3.05, 3.63) is 143 Å². The Labute approximate surface area is 231 Å². The molecule has 4 aromatic rings. The monoisotopic (exact) mass is 564 g/mol. The molecule has 1 aliphatic rings. The van der Waals surface area contributed by atoms with E-state index in [9.17, 15) is 17.8 Å². The van der Waals surface area contributed by atoms with Crippen LogP contribution in [-0.2, 0) is 26.4 Å². The molecule has 0 aliphatic carbocycles. The summed E-state index contributed by atoms with van der Waals surface area (Å²) in [6, 6.07) is 35.5. The molecule has 2 atom stereocenters. The molecule has 2 N–H and O–H groups in total. The molecule has 1 aliphatic heterocycles. The topological polar surface area (TPSA) is 86.7 Å². The minimum atomic E-state index is -4.76. The molecule has 0 aromatic heterocycles. The van der Waals surface area contributed by atoms with Crippen molar-refractivity contribution in [3.63, 3.8) is 0 Å². The van der Waals surface area contributed by atoms with Crippen LogP contribution in [0.15, 0.2) is 115 Å². The molecule has 1 fully saturated rings. The molecule has 4 aromatic carbocycles. The SMILES string of the molecule is O=C1[C@@H](NC(c2ccccc2)(c2ccccc2)c2ccccc2)[C@@H](SCc2ccc(Cl)cc2)N1S(=O)(=O)O. The van der Waals surface area contributed by atoms with Gasteiger partial charge < -0.3 is 0 Å². The fourth-order valence-corrected chi connectivity index (χ4v) is 7.32. The molecule has 0 radical (unpaired) electrons. The Morgan fingerprint density at radius 2 is 1.24 bits per heavy atom. The summed E-state index contributed by atoms with van der Waals surface area (Å²) in [4.78, 5) is 13.3. The average Bonchev–Trinajstić information content (AvgIpc) is 2.93. The molecule has 0 spiro atoms. The lowest BCUT2D eigenvalue weighted by Gasteiger charge is -2.49. The largest absolute Gasteiger partial charge is 0.363 e. The van der Waals surface area contributed by atoms with E-state index in [4.69, 9.17) is 11.6 Å². The Bertz CT molecular complexity index is 1410. The second kappa shape index (κ2) is 10.9. The van der Waals surface area contributed by atoms with Gasteiger partial charge in [0.2, 0.25) is 0 Å². The van der Waals surface area contributed by atoms with Crippen LogP contribution in [0, 0.1) is 0 Å². The minimum Gasteiger partial charge on any atom is -0.286 e. The van der Waals surface area contributed by atoms with Crippen LogP contribution >= 0.6 is 23.4 Å². The summed E-state index contributed by atoms with van der Waals surface area (Å²) in [5, 5.41) is 3.28. The van der Waals surface area contributed by atoms with Crippen LogP contribution in [-0.4, -0.2) is 34.6 Å². The molecule has 9 heteroatoms. The van der Waals surface area contributed by atoms with Gasteiger partial charge >= 0.3 is 10.3 Å². The fraction of sp³-hybridized carbons (Fsp3) is 0.138. The van der Waals surface area contributed by atoms with Crippen LogP contribution in [0.5, 0.6) is 0 Å². The second-order valence-corrected chi connectivity index (χ2v) is 11.7. The third kappa shape index (κ3) is 5.10. The number of hydrogen-bond acceptors (Lipinski definition) is 5. The van der Waals surface area contributed by atoms with E-state index in [1.165, 1.54) is 11.8 Å². The van der Waals surface area contributed by atoms with Gasteiger partial charge in [-0.25, -0.2) is 0 Å². The van der Waals surface area contributed by atoms with Crippen molar-refractivity contribution in [1.82, 2.24) is 9.62 Å². The van der Waals surface area contributed by atoms with Gasteiger partial charge in [-0.05, 0) is 34.4 Å². The first-order valence-electron chi connectivity index (χ1n) is 11.9. The number of benzene rings is 4. The predicted octanol–water partition coefficient (Wildman–Crippen LogP) is 5.49. The first kappa shape index (κ1) is 26.5. The van der Waals surface area contributed by atoms with Crippen LogP contribution in [0.3, 0.4) is 0 Å². The number of hydrogen-bond donors (Lipinski definition) is 2. The van der Waals surface area contributed by atoms with E-state index in [-0.39, 0.29) is 0 Å². The highest BCUT2D eigenvalue weighted by Gasteiger charge is 2.56. The van der Waals surface area contributed by atoms with Crippen molar-refractivity contribution < 1.29 is 17.8 Å². The lowest BCUT2D eigenvalue weighted by atomic mass is 9.76. The summed E-state index contributed by atoms with van der Waals surface area (Å²) < 4.78 is 34.9. The molecule has 1 heterocycles. The fourth-order valence-electron chi connectivity index (χ4n) is 4.79. The highest BCUT2D eigenvalue weighted by molar-refractivity contribution is 8.00. The van der Waals surface area contributed by atoms with Gasteiger partial charge in [0.25, 0.3) is 5.91 Å². The number of β-lactam (4-membered cyclic amide) rings is 1. The first-order valence-corrected chi connectivity index (χ1v) is 14.7. The van der Waals surface area contributed by atoms with Crippen molar-refractivity contribution >= 4 is 39.6 Å². The summed E-state index contributed by atoms with van der Waals surface area (Å²) in [5.41, 5.74) is 2.59. The third-order valence-electron chi connectivity index (χ3n) is 6.57. The van der Waals surface area contributed by atoms with Gasteiger partial charge in [-0.1, -0.05) is 115 Å². The molecular formula is C29H25ClN2O4S2. The molecule has 0 unspecified atom stereocenters. The Morgan fingerprint density at radius 1 is 0.789 bits per heavy atom. The van der Waals surface area contributed by atoms with Gasteiger partial charge in [0.05, 0.1) is 5.54 Å². The minimum absolute atomic E-state index is 0.411. The molecule has 0 bridgehead atoms. The first-order chi connectivity index (χ1) is 18.3. The van der Waals surface area contributed by atoms with Crippen molar-refractivity contribution in [3.8, 4) is 0 Å². The zero-order valence-corrected chi connectivity index (χ0v) is 22.5. The van der Waals surface area contributed by atoms with Gasteiger partial charge in [-0.15, -0.1) is 11.8 Å². The molecule has 5 rings (SSSR count). The van der Waals surface area contributed by atoms with Gasteiger partial charge in [0.15, 0.2) is 0 Å². The lowest BCUT2D eigenvalue weighted by molar-refractivity contribution is -0.139. The molecule has 1 amide bonds. The zero-order chi connectivity index (χ0) is 26.8. The highest BCUT2D eigenvalue weighted by Crippen LogP contribution is 2.42. The summed E-state index contributed by atoms with van der Waals surface area (Å²) in [5.74, 6) is -0.304. The van der Waals surface area contributed by atoms with Crippen molar-refractivity contribution in [1.29, 1.82) is 0 Å². The van der Waals surface area contributed by atoms with E-state index in [0.29, 0.717) is 15.1 Å². The lowest BCUT2D eigenvalue weighted by Crippen LogP contribution is -2.72.